The van der Waals surface area contributed by atoms with Crippen LogP contribution in [0.15, 0.2) is 24.3 Å². The van der Waals surface area contributed by atoms with Crippen molar-refractivity contribution in [3.63, 3.8) is 0 Å². The Kier molecular flexibility index (Phi) is 4.07. The van der Waals surface area contributed by atoms with Gasteiger partial charge in [0.2, 0.25) is 5.91 Å². The van der Waals surface area contributed by atoms with Gasteiger partial charge in [0, 0.05) is 18.5 Å². The first kappa shape index (κ1) is 12.7. The number of primary amides is 1. The molecule has 1 aromatic carbocycles. The Bertz CT molecular complexity index is 372. The van der Waals surface area contributed by atoms with Gasteiger partial charge in [-0.1, -0.05) is 29.8 Å². The molecule has 0 aliphatic carbocycles. The molecule has 0 saturated carbocycles. The first-order valence-corrected chi connectivity index (χ1v) is 5.48. The van der Waals surface area contributed by atoms with Crippen LogP contribution in [0.3, 0.4) is 0 Å². The lowest BCUT2D eigenvalue weighted by molar-refractivity contribution is -0.119. The Labute approximate surface area is 97.0 Å². The van der Waals surface area contributed by atoms with E-state index in [2.05, 4.69) is 30.4 Å². The lowest BCUT2D eigenvalue weighted by atomic mass is 9.99. The van der Waals surface area contributed by atoms with E-state index in [-0.39, 0.29) is 11.4 Å². The van der Waals surface area contributed by atoms with E-state index in [1.165, 1.54) is 11.1 Å². The van der Waals surface area contributed by atoms with Crippen molar-refractivity contribution in [3.05, 3.63) is 35.4 Å². The molecule has 1 rings (SSSR count). The number of rotatable bonds is 5. The summed E-state index contributed by atoms with van der Waals surface area (Å²) in [5, 5.41) is 3.33. The second-order valence-electron chi connectivity index (χ2n) is 4.87. The van der Waals surface area contributed by atoms with Crippen LogP contribution in [0.2, 0.25) is 0 Å². The minimum absolute atomic E-state index is 0.254. The summed E-state index contributed by atoms with van der Waals surface area (Å²) >= 11 is 0. The lowest BCUT2D eigenvalue weighted by Gasteiger charge is -2.25. The van der Waals surface area contributed by atoms with Crippen molar-refractivity contribution in [3.8, 4) is 0 Å². The standard InChI is InChI=1S/C13H20N2O/c1-10-5-4-6-11(7-10)9-15-13(2,3)8-12(14)16/h4-7,15H,8-9H2,1-3H3,(H2,14,16). The molecule has 1 amide bonds. The number of hydrogen-bond donors (Lipinski definition) is 2. The largest absolute Gasteiger partial charge is 0.370 e. The zero-order valence-electron chi connectivity index (χ0n) is 10.2. The van der Waals surface area contributed by atoms with Crippen molar-refractivity contribution in [2.24, 2.45) is 5.73 Å². The molecule has 0 spiro atoms. The number of hydrogen-bond acceptors (Lipinski definition) is 2. The summed E-state index contributed by atoms with van der Waals surface area (Å²) in [6.07, 6.45) is 0.346. The van der Waals surface area contributed by atoms with Crippen LogP contribution in [0.1, 0.15) is 31.4 Å². The fourth-order valence-corrected chi connectivity index (χ4v) is 1.66. The van der Waals surface area contributed by atoms with Crippen molar-refractivity contribution >= 4 is 5.91 Å². The molecule has 3 heteroatoms. The first-order chi connectivity index (χ1) is 7.39. The maximum absolute atomic E-state index is 10.9. The molecule has 0 heterocycles. The van der Waals surface area contributed by atoms with Gasteiger partial charge in [0.1, 0.15) is 0 Å². The summed E-state index contributed by atoms with van der Waals surface area (Å²) in [5.74, 6) is -0.276. The van der Waals surface area contributed by atoms with Gasteiger partial charge in [0.15, 0.2) is 0 Å². The minimum Gasteiger partial charge on any atom is -0.370 e. The quantitative estimate of drug-likeness (QED) is 0.794. The number of nitrogens with two attached hydrogens (primary N) is 1. The number of aryl methyl sites for hydroxylation is 1. The summed E-state index contributed by atoms with van der Waals surface area (Å²) in [5.41, 5.74) is 7.40. The second-order valence-corrected chi connectivity index (χ2v) is 4.87. The highest BCUT2D eigenvalue weighted by Gasteiger charge is 2.19. The lowest BCUT2D eigenvalue weighted by Crippen LogP contribution is -2.42. The molecule has 88 valence electrons. The average molecular weight is 220 g/mol. The molecule has 0 radical (unpaired) electrons. The van der Waals surface area contributed by atoms with Crippen LogP contribution in [0, 0.1) is 6.92 Å². The molecule has 1 aromatic rings. The van der Waals surface area contributed by atoms with Gasteiger partial charge in [-0.15, -0.1) is 0 Å². The van der Waals surface area contributed by atoms with Gasteiger partial charge in [0.05, 0.1) is 0 Å². The molecule has 0 bridgehead atoms. The van der Waals surface area contributed by atoms with Crippen molar-refractivity contribution in [2.75, 3.05) is 0 Å². The fraction of sp³-hybridized carbons (Fsp3) is 0.462. The van der Waals surface area contributed by atoms with Gasteiger partial charge in [-0.3, -0.25) is 4.79 Å². The van der Waals surface area contributed by atoms with E-state index in [4.69, 9.17) is 5.73 Å². The number of carbonyl (C=O) groups is 1. The summed E-state index contributed by atoms with van der Waals surface area (Å²) in [7, 11) is 0. The third-order valence-corrected chi connectivity index (χ3v) is 2.47. The summed E-state index contributed by atoms with van der Waals surface area (Å²) in [6, 6.07) is 8.30. The van der Waals surface area contributed by atoms with E-state index in [0.29, 0.717) is 6.42 Å². The monoisotopic (exact) mass is 220 g/mol. The van der Waals surface area contributed by atoms with E-state index in [1.807, 2.05) is 19.9 Å². The maximum atomic E-state index is 10.9. The maximum Gasteiger partial charge on any atom is 0.219 e. The molecule has 0 saturated heterocycles. The van der Waals surface area contributed by atoms with Crippen LogP contribution >= 0.6 is 0 Å². The summed E-state index contributed by atoms with van der Waals surface area (Å²) < 4.78 is 0. The summed E-state index contributed by atoms with van der Waals surface area (Å²) in [6.45, 7) is 6.78. The van der Waals surface area contributed by atoms with Crippen molar-refractivity contribution in [2.45, 2.75) is 39.3 Å². The molecule has 0 unspecified atom stereocenters. The first-order valence-electron chi connectivity index (χ1n) is 5.48. The van der Waals surface area contributed by atoms with Crippen molar-refractivity contribution in [1.82, 2.24) is 5.32 Å². The van der Waals surface area contributed by atoms with Crippen molar-refractivity contribution in [1.29, 1.82) is 0 Å². The van der Waals surface area contributed by atoms with E-state index in [9.17, 15) is 4.79 Å². The number of benzene rings is 1. The van der Waals surface area contributed by atoms with Gasteiger partial charge >= 0.3 is 0 Å². The van der Waals surface area contributed by atoms with Gasteiger partial charge in [-0.2, -0.15) is 0 Å². The van der Waals surface area contributed by atoms with E-state index in [1.54, 1.807) is 0 Å². The molecule has 3 nitrogen and oxygen atoms in total. The van der Waals surface area contributed by atoms with Crippen LogP contribution in [0.5, 0.6) is 0 Å². The van der Waals surface area contributed by atoms with Gasteiger partial charge in [-0.25, -0.2) is 0 Å². The van der Waals surface area contributed by atoms with Crippen molar-refractivity contribution < 1.29 is 4.79 Å². The van der Waals surface area contributed by atoms with Gasteiger partial charge < -0.3 is 11.1 Å². The SMILES string of the molecule is Cc1cccc(CNC(C)(C)CC(N)=O)c1. The molecule has 0 atom stereocenters. The van der Waals surface area contributed by atoms with Crippen LogP contribution in [-0.2, 0) is 11.3 Å². The predicted molar refractivity (Wildman–Crippen MR) is 65.9 cm³/mol. The Morgan fingerprint density at radius 1 is 1.44 bits per heavy atom. The minimum atomic E-state index is -0.276. The zero-order chi connectivity index (χ0) is 12.2. The molecule has 16 heavy (non-hydrogen) atoms. The van der Waals surface area contributed by atoms with E-state index < -0.39 is 0 Å². The normalized spacial score (nSPS) is 11.4. The van der Waals surface area contributed by atoms with E-state index >= 15 is 0 Å². The van der Waals surface area contributed by atoms with Gasteiger partial charge in [0.25, 0.3) is 0 Å². The van der Waals surface area contributed by atoms with Crippen LogP contribution in [0.4, 0.5) is 0 Å². The van der Waals surface area contributed by atoms with Crippen LogP contribution in [-0.4, -0.2) is 11.4 Å². The highest BCUT2D eigenvalue weighted by atomic mass is 16.1. The highest BCUT2D eigenvalue weighted by Crippen LogP contribution is 2.10. The molecule has 0 aromatic heterocycles. The second kappa shape index (κ2) is 5.12. The molecule has 0 fully saturated rings. The third kappa shape index (κ3) is 4.45. The molecule has 3 N–H and O–H groups in total. The smallest absolute Gasteiger partial charge is 0.219 e. The van der Waals surface area contributed by atoms with Crippen LogP contribution in [0.25, 0.3) is 0 Å². The third-order valence-electron chi connectivity index (χ3n) is 2.47. The Hall–Kier alpha value is -1.35. The number of carbonyl (C=O) groups excluding carboxylic acids is 1. The summed E-state index contributed by atoms with van der Waals surface area (Å²) in [4.78, 5) is 10.9. The van der Waals surface area contributed by atoms with Crippen LogP contribution < -0.4 is 11.1 Å². The Morgan fingerprint density at radius 2 is 2.12 bits per heavy atom. The van der Waals surface area contributed by atoms with Gasteiger partial charge in [-0.05, 0) is 26.3 Å². The van der Waals surface area contributed by atoms with E-state index in [0.717, 1.165) is 6.54 Å². The predicted octanol–water partition coefficient (Wildman–Crippen LogP) is 1.74. The molecule has 0 aliphatic heterocycles. The topological polar surface area (TPSA) is 55.1 Å². The highest BCUT2D eigenvalue weighted by molar-refractivity contribution is 5.74. The average Bonchev–Trinajstić information content (AvgIpc) is 2.13. The molecular weight excluding hydrogens is 200 g/mol. The molecule has 0 aliphatic rings. The Morgan fingerprint density at radius 3 is 2.69 bits per heavy atom. The number of amides is 1. The Balaban J connectivity index is 2.54. The zero-order valence-corrected chi connectivity index (χ0v) is 10.2. The fourth-order valence-electron chi connectivity index (χ4n) is 1.66. The molecular formula is C13H20N2O. The number of nitrogens with one attached hydrogen (secondary N) is 1.